The number of hydrogen-bond donors (Lipinski definition) is 1. The quantitative estimate of drug-likeness (QED) is 0.849. The van der Waals surface area contributed by atoms with Gasteiger partial charge in [0.05, 0.1) is 23.4 Å². The molecule has 1 aromatic heterocycles. The van der Waals surface area contributed by atoms with E-state index in [0.29, 0.717) is 24.5 Å². The van der Waals surface area contributed by atoms with Crippen LogP contribution in [0.5, 0.6) is 5.75 Å². The number of hydrogen-bond acceptors (Lipinski definition) is 5. The van der Waals surface area contributed by atoms with Crippen LogP contribution in [0.4, 0.5) is 0 Å². The van der Waals surface area contributed by atoms with E-state index in [4.69, 9.17) is 14.0 Å². The van der Waals surface area contributed by atoms with Gasteiger partial charge in [-0.3, -0.25) is 4.79 Å². The van der Waals surface area contributed by atoms with E-state index in [2.05, 4.69) is 10.5 Å². The molecule has 0 spiro atoms. The van der Waals surface area contributed by atoms with Crippen molar-refractivity contribution in [1.82, 2.24) is 10.5 Å². The molecule has 23 heavy (non-hydrogen) atoms. The summed E-state index contributed by atoms with van der Waals surface area (Å²) in [5.41, 5.74) is 2.17. The minimum absolute atomic E-state index is 0.0804. The summed E-state index contributed by atoms with van der Waals surface area (Å²) in [5, 5.41) is 6.78. The lowest BCUT2D eigenvalue weighted by Crippen LogP contribution is -2.35. The minimum atomic E-state index is -0.191. The van der Waals surface area contributed by atoms with Crippen LogP contribution in [0.1, 0.15) is 34.3 Å². The number of rotatable bonds is 7. The number of nitrogens with zero attached hydrogens (tertiary/aromatic N) is 1. The Kier molecular flexibility index (Phi) is 5.76. The largest absolute Gasteiger partial charge is 0.488 e. The Morgan fingerprint density at radius 1 is 1.35 bits per heavy atom. The number of carbonyl (C=O) groups is 1. The highest BCUT2D eigenvalue weighted by Gasteiger charge is 2.16. The predicted molar refractivity (Wildman–Crippen MR) is 85.6 cm³/mol. The molecule has 1 heterocycles. The van der Waals surface area contributed by atoms with E-state index in [0.717, 1.165) is 17.0 Å². The van der Waals surface area contributed by atoms with E-state index in [-0.39, 0.29) is 11.9 Å². The number of benzene rings is 1. The van der Waals surface area contributed by atoms with E-state index < -0.39 is 0 Å². The van der Waals surface area contributed by atoms with Crippen molar-refractivity contribution in [2.24, 2.45) is 0 Å². The fraction of sp³-hybridized carbons (Fsp3) is 0.412. The van der Waals surface area contributed by atoms with Crippen LogP contribution in [0.3, 0.4) is 0 Å². The predicted octanol–water partition coefficient (Wildman–Crippen LogP) is 2.64. The van der Waals surface area contributed by atoms with E-state index in [1.807, 2.05) is 26.8 Å². The molecule has 0 saturated heterocycles. The molecule has 1 N–H and O–H groups in total. The highest BCUT2D eigenvalue weighted by Crippen LogP contribution is 2.21. The molecule has 0 radical (unpaired) electrons. The topological polar surface area (TPSA) is 73.6 Å². The molecule has 0 aliphatic rings. The van der Waals surface area contributed by atoms with Crippen molar-refractivity contribution in [2.75, 3.05) is 13.7 Å². The zero-order chi connectivity index (χ0) is 16.8. The summed E-state index contributed by atoms with van der Waals surface area (Å²) in [6, 6.07) is 7.06. The van der Waals surface area contributed by atoms with Gasteiger partial charge in [0, 0.05) is 13.2 Å². The van der Waals surface area contributed by atoms with Crippen LogP contribution in [0, 0.1) is 13.8 Å². The Balaban J connectivity index is 2.10. The van der Waals surface area contributed by atoms with Gasteiger partial charge in [-0.1, -0.05) is 17.3 Å². The van der Waals surface area contributed by atoms with E-state index in [1.54, 1.807) is 25.3 Å². The average molecular weight is 318 g/mol. The van der Waals surface area contributed by atoms with Crippen molar-refractivity contribution in [3.63, 3.8) is 0 Å². The molecule has 1 atom stereocenters. The fourth-order valence-corrected chi connectivity index (χ4v) is 2.23. The molecule has 6 nitrogen and oxygen atoms in total. The second-order valence-corrected chi connectivity index (χ2v) is 5.42. The van der Waals surface area contributed by atoms with Gasteiger partial charge in [0.25, 0.3) is 5.91 Å². The maximum atomic E-state index is 12.4. The molecule has 2 aromatic rings. The van der Waals surface area contributed by atoms with Gasteiger partial charge in [0.1, 0.15) is 18.1 Å². The Labute approximate surface area is 135 Å². The van der Waals surface area contributed by atoms with Gasteiger partial charge >= 0.3 is 0 Å². The van der Waals surface area contributed by atoms with Crippen molar-refractivity contribution in [3.8, 4) is 5.75 Å². The first-order chi connectivity index (χ1) is 11.0. The second-order valence-electron chi connectivity index (χ2n) is 5.42. The third-order valence-electron chi connectivity index (χ3n) is 3.48. The third kappa shape index (κ3) is 4.32. The first-order valence-corrected chi connectivity index (χ1v) is 7.46. The molecule has 0 aliphatic carbocycles. The van der Waals surface area contributed by atoms with Crippen molar-refractivity contribution in [2.45, 2.75) is 33.4 Å². The van der Waals surface area contributed by atoms with E-state index in [9.17, 15) is 4.79 Å². The summed E-state index contributed by atoms with van der Waals surface area (Å²) < 4.78 is 16.0. The summed E-state index contributed by atoms with van der Waals surface area (Å²) in [4.78, 5) is 12.4. The van der Waals surface area contributed by atoms with Crippen LogP contribution in [0.15, 0.2) is 28.8 Å². The molecule has 2 rings (SSSR count). The molecule has 124 valence electrons. The number of carbonyl (C=O) groups excluding carboxylic acids is 1. The molecule has 0 fully saturated rings. The van der Waals surface area contributed by atoms with Crippen LogP contribution < -0.4 is 10.1 Å². The molecular formula is C17H22N2O4. The number of methoxy groups -OCH3 is 1. The molecule has 1 aromatic carbocycles. The van der Waals surface area contributed by atoms with Crippen LogP contribution in [-0.2, 0) is 11.3 Å². The number of ether oxygens (including phenoxy) is 2. The minimum Gasteiger partial charge on any atom is -0.488 e. The number of aromatic nitrogens is 1. The van der Waals surface area contributed by atoms with Crippen molar-refractivity contribution < 1.29 is 18.8 Å². The fourth-order valence-electron chi connectivity index (χ4n) is 2.23. The second kappa shape index (κ2) is 7.78. The summed E-state index contributed by atoms with van der Waals surface area (Å²) in [6.45, 7) is 6.34. The lowest BCUT2D eigenvalue weighted by atomic mass is 10.1. The van der Waals surface area contributed by atoms with Gasteiger partial charge in [-0.05, 0) is 32.9 Å². The molecular weight excluding hydrogens is 296 g/mol. The molecule has 6 heteroatoms. The molecule has 0 aliphatic heterocycles. The number of amides is 1. The Morgan fingerprint density at radius 3 is 2.74 bits per heavy atom. The van der Waals surface area contributed by atoms with E-state index in [1.165, 1.54) is 0 Å². The number of nitrogens with one attached hydrogen (secondary N) is 1. The van der Waals surface area contributed by atoms with Crippen molar-refractivity contribution >= 4 is 5.91 Å². The van der Waals surface area contributed by atoms with Crippen LogP contribution >= 0.6 is 0 Å². The normalized spacial score (nSPS) is 12.0. The number of para-hydroxylation sites is 1. The van der Waals surface area contributed by atoms with Gasteiger partial charge in [-0.15, -0.1) is 0 Å². The molecule has 1 amide bonds. The van der Waals surface area contributed by atoms with Gasteiger partial charge < -0.3 is 19.3 Å². The Hall–Kier alpha value is -2.34. The smallest absolute Gasteiger partial charge is 0.255 e. The monoisotopic (exact) mass is 318 g/mol. The first kappa shape index (κ1) is 17.0. The summed E-state index contributed by atoms with van der Waals surface area (Å²) in [6.07, 6.45) is 0. The third-order valence-corrected chi connectivity index (χ3v) is 3.48. The zero-order valence-corrected chi connectivity index (χ0v) is 13.9. The summed E-state index contributed by atoms with van der Waals surface area (Å²) in [5.74, 6) is 1.05. The first-order valence-electron chi connectivity index (χ1n) is 7.46. The highest BCUT2D eigenvalue weighted by atomic mass is 16.5. The highest BCUT2D eigenvalue weighted by molar-refractivity contribution is 5.97. The SMILES string of the molecule is COCC(C)NC(=O)c1ccccc1OCc1c(C)noc1C. The Bertz CT molecular complexity index is 647. The lowest BCUT2D eigenvalue weighted by Gasteiger charge is -2.15. The van der Waals surface area contributed by atoms with Gasteiger partial charge in [-0.25, -0.2) is 0 Å². The molecule has 1 unspecified atom stereocenters. The summed E-state index contributed by atoms with van der Waals surface area (Å²) >= 11 is 0. The summed E-state index contributed by atoms with van der Waals surface area (Å²) in [7, 11) is 1.60. The molecule has 0 saturated carbocycles. The van der Waals surface area contributed by atoms with Crippen molar-refractivity contribution in [1.29, 1.82) is 0 Å². The van der Waals surface area contributed by atoms with Gasteiger partial charge in [0.15, 0.2) is 0 Å². The zero-order valence-electron chi connectivity index (χ0n) is 13.9. The van der Waals surface area contributed by atoms with Gasteiger partial charge in [-0.2, -0.15) is 0 Å². The van der Waals surface area contributed by atoms with Gasteiger partial charge in [0.2, 0.25) is 0 Å². The van der Waals surface area contributed by atoms with E-state index >= 15 is 0 Å². The lowest BCUT2D eigenvalue weighted by molar-refractivity contribution is 0.0901. The van der Waals surface area contributed by atoms with Crippen LogP contribution in [-0.4, -0.2) is 30.8 Å². The number of aryl methyl sites for hydroxylation is 2. The Morgan fingerprint density at radius 2 is 2.09 bits per heavy atom. The standard InChI is InChI=1S/C17H22N2O4/c1-11(9-21-4)18-17(20)14-7-5-6-8-16(14)22-10-15-12(2)19-23-13(15)3/h5-8,11H,9-10H2,1-4H3,(H,18,20). The van der Waals surface area contributed by atoms with Crippen LogP contribution in [0.25, 0.3) is 0 Å². The molecule has 0 bridgehead atoms. The average Bonchev–Trinajstić information content (AvgIpc) is 2.84. The van der Waals surface area contributed by atoms with Crippen molar-refractivity contribution in [3.05, 3.63) is 46.8 Å². The van der Waals surface area contributed by atoms with Crippen LogP contribution in [0.2, 0.25) is 0 Å². The maximum absolute atomic E-state index is 12.4. The maximum Gasteiger partial charge on any atom is 0.255 e.